The quantitative estimate of drug-likeness (QED) is 0.459. The fourth-order valence-corrected chi connectivity index (χ4v) is 2.27. The summed E-state index contributed by atoms with van der Waals surface area (Å²) in [7, 11) is -3.97. The average molecular weight is 262 g/mol. The summed E-state index contributed by atoms with van der Waals surface area (Å²) < 4.78 is 30.7. The van der Waals surface area contributed by atoms with Crippen molar-refractivity contribution in [1.82, 2.24) is 9.80 Å². The van der Waals surface area contributed by atoms with Gasteiger partial charge in [0.2, 0.25) is 0 Å². The van der Waals surface area contributed by atoms with E-state index in [1.165, 1.54) is 6.92 Å². The van der Waals surface area contributed by atoms with Gasteiger partial charge in [-0.05, 0) is 6.92 Å². The summed E-state index contributed by atoms with van der Waals surface area (Å²) in [5, 5.41) is 7.89. The number of hydrogen-bond donors (Lipinski definition) is 2. The first-order chi connectivity index (χ1) is 6.95. The molecule has 2 N–H and O–H groups in total. The van der Waals surface area contributed by atoms with Crippen molar-refractivity contribution >= 4 is 39.7 Å². The Morgan fingerprint density at radius 1 is 1.25 bits per heavy atom. The van der Waals surface area contributed by atoms with Gasteiger partial charge in [-0.2, -0.15) is 8.42 Å². The molecule has 0 aromatic carbocycles. The van der Waals surface area contributed by atoms with E-state index in [9.17, 15) is 8.42 Å². The Kier molecular flexibility index (Phi) is 7.63. The van der Waals surface area contributed by atoms with Crippen molar-refractivity contribution in [3.8, 4) is 0 Å². The average Bonchev–Trinajstić information content (AvgIpc) is 2.17. The van der Waals surface area contributed by atoms with Gasteiger partial charge >= 0.3 is 29.6 Å². The third-order valence-corrected chi connectivity index (χ3v) is 3.93. The molecule has 1 heterocycles. The van der Waals surface area contributed by atoms with Gasteiger partial charge in [-0.1, -0.05) is 0 Å². The van der Waals surface area contributed by atoms with E-state index >= 15 is 0 Å². The topological polar surface area (TPSA) is 81.1 Å². The molecule has 0 aliphatic carbocycles. The van der Waals surface area contributed by atoms with Gasteiger partial charge in [0, 0.05) is 32.7 Å². The van der Waals surface area contributed by atoms with Crippen LogP contribution in [0.4, 0.5) is 0 Å². The van der Waals surface area contributed by atoms with E-state index in [0.717, 1.165) is 13.1 Å². The number of aliphatic hydroxyl groups is 1. The molecule has 0 bridgehead atoms. The molecule has 0 radical (unpaired) electrons. The Bertz CT molecular complexity index is 290. The summed E-state index contributed by atoms with van der Waals surface area (Å²) in [6.45, 7) is 4.86. The van der Waals surface area contributed by atoms with Crippen molar-refractivity contribution in [3.05, 3.63) is 0 Å². The van der Waals surface area contributed by atoms with Gasteiger partial charge in [0.1, 0.15) is 5.37 Å². The summed E-state index contributed by atoms with van der Waals surface area (Å²) in [5.41, 5.74) is 0. The third kappa shape index (κ3) is 4.97. The monoisotopic (exact) mass is 262 g/mol. The minimum atomic E-state index is -3.97. The van der Waals surface area contributed by atoms with Crippen LogP contribution in [0.1, 0.15) is 6.92 Å². The third-order valence-electron chi connectivity index (χ3n) is 2.77. The second-order valence-corrected chi connectivity index (χ2v) is 5.43. The fourth-order valence-electron chi connectivity index (χ4n) is 1.68. The molecule has 1 aliphatic heterocycles. The van der Waals surface area contributed by atoms with Crippen molar-refractivity contribution in [2.45, 2.75) is 12.3 Å². The molecule has 16 heavy (non-hydrogen) atoms. The summed E-state index contributed by atoms with van der Waals surface area (Å²) in [6.07, 6.45) is 0. The Hall–Kier alpha value is 0.790. The Morgan fingerprint density at radius 2 is 1.75 bits per heavy atom. The van der Waals surface area contributed by atoms with Crippen LogP contribution >= 0.6 is 0 Å². The van der Waals surface area contributed by atoms with Crippen molar-refractivity contribution in [3.63, 3.8) is 0 Å². The molecule has 8 heteroatoms. The molecule has 1 aliphatic rings. The number of nitrogens with zero attached hydrogens (tertiary/aromatic N) is 2. The minimum absolute atomic E-state index is 0. The Balaban J connectivity index is 0.00000225. The molecule has 1 atom stereocenters. The maximum atomic E-state index is 10.9. The van der Waals surface area contributed by atoms with E-state index in [-0.39, 0.29) is 36.2 Å². The van der Waals surface area contributed by atoms with E-state index in [1.807, 2.05) is 0 Å². The molecule has 0 amide bonds. The first kappa shape index (κ1) is 16.8. The standard InChI is InChI=1S/C8H18N2O4S.Na.H/c1-8(15(12,13)14)10-4-2-9(3-5-10)6-7-11;;/h8,11H,2-7H2,1H3,(H,12,13,14);;. The van der Waals surface area contributed by atoms with E-state index in [1.54, 1.807) is 4.90 Å². The second-order valence-electron chi connectivity index (χ2n) is 3.72. The van der Waals surface area contributed by atoms with Gasteiger partial charge in [0.15, 0.2) is 0 Å². The second kappa shape index (κ2) is 7.27. The van der Waals surface area contributed by atoms with Crippen LogP contribution < -0.4 is 0 Å². The summed E-state index contributed by atoms with van der Waals surface area (Å²) in [6, 6.07) is 0. The molecule has 1 unspecified atom stereocenters. The molecule has 0 spiro atoms. The Labute approximate surface area is 119 Å². The van der Waals surface area contributed by atoms with Gasteiger partial charge in [0.05, 0.1) is 6.61 Å². The van der Waals surface area contributed by atoms with Gasteiger partial charge in [-0.25, -0.2) is 0 Å². The molecule has 1 saturated heterocycles. The van der Waals surface area contributed by atoms with Crippen LogP contribution in [0, 0.1) is 0 Å². The predicted molar refractivity (Wildman–Crippen MR) is 63.3 cm³/mol. The van der Waals surface area contributed by atoms with Crippen molar-refractivity contribution in [2.24, 2.45) is 0 Å². The van der Waals surface area contributed by atoms with E-state index in [4.69, 9.17) is 9.66 Å². The number of piperazine rings is 1. The van der Waals surface area contributed by atoms with Crippen LogP contribution in [0.25, 0.3) is 0 Å². The molecule has 92 valence electrons. The van der Waals surface area contributed by atoms with Crippen molar-refractivity contribution < 1.29 is 18.1 Å². The van der Waals surface area contributed by atoms with Crippen LogP contribution in [-0.2, 0) is 10.1 Å². The molecule has 1 fully saturated rings. The molecule has 0 saturated carbocycles. The van der Waals surface area contributed by atoms with E-state index < -0.39 is 15.5 Å². The summed E-state index contributed by atoms with van der Waals surface area (Å²) in [5.74, 6) is 0. The van der Waals surface area contributed by atoms with Crippen LogP contribution in [0.15, 0.2) is 0 Å². The molecule has 6 nitrogen and oxygen atoms in total. The zero-order chi connectivity index (χ0) is 11.5. The number of hydrogen-bond acceptors (Lipinski definition) is 5. The zero-order valence-electron chi connectivity index (χ0n) is 8.83. The van der Waals surface area contributed by atoms with Gasteiger partial charge < -0.3 is 5.11 Å². The number of β-amino-alcohol motifs (C(OH)–C–C–N with tert-alkyl or cyclic N) is 1. The van der Waals surface area contributed by atoms with Crippen molar-refractivity contribution in [2.75, 3.05) is 39.3 Å². The van der Waals surface area contributed by atoms with Gasteiger partial charge in [-0.3, -0.25) is 14.4 Å². The molecule has 0 aromatic heterocycles. The van der Waals surface area contributed by atoms with Gasteiger partial charge in [0.25, 0.3) is 10.1 Å². The van der Waals surface area contributed by atoms with E-state index in [0.29, 0.717) is 19.6 Å². The summed E-state index contributed by atoms with van der Waals surface area (Å²) >= 11 is 0. The van der Waals surface area contributed by atoms with Crippen LogP contribution in [0.3, 0.4) is 0 Å². The van der Waals surface area contributed by atoms with Crippen molar-refractivity contribution in [1.29, 1.82) is 0 Å². The normalized spacial score (nSPS) is 21.4. The van der Waals surface area contributed by atoms with Gasteiger partial charge in [-0.15, -0.1) is 0 Å². The SMILES string of the molecule is CC(N1CCN(CCO)CC1)S(=O)(=O)O.[NaH]. The maximum absolute atomic E-state index is 10.9. The summed E-state index contributed by atoms with van der Waals surface area (Å²) in [4.78, 5) is 3.79. The van der Waals surface area contributed by atoms with E-state index in [2.05, 4.69) is 4.90 Å². The number of rotatable bonds is 4. The van der Waals surface area contributed by atoms with Crippen LogP contribution in [0.5, 0.6) is 0 Å². The van der Waals surface area contributed by atoms with Crippen LogP contribution in [0.2, 0.25) is 0 Å². The Morgan fingerprint density at radius 3 is 2.12 bits per heavy atom. The molecule has 1 rings (SSSR count). The zero-order valence-corrected chi connectivity index (χ0v) is 9.65. The fraction of sp³-hybridized carbons (Fsp3) is 1.00. The number of aliphatic hydroxyl groups excluding tert-OH is 1. The molecular formula is C8H19N2NaO4S. The predicted octanol–water partition coefficient (Wildman–Crippen LogP) is -1.82. The first-order valence-corrected chi connectivity index (χ1v) is 6.49. The first-order valence-electron chi connectivity index (χ1n) is 4.98. The van der Waals surface area contributed by atoms with Crippen LogP contribution in [-0.4, -0.2) is 102 Å². The molecular weight excluding hydrogens is 243 g/mol. The molecule has 0 aromatic rings.